The predicted molar refractivity (Wildman–Crippen MR) is 80.4 cm³/mol. The third-order valence-corrected chi connectivity index (χ3v) is 4.38. The van der Waals surface area contributed by atoms with Crippen molar-refractivity contribution in [2.75, 3.05) is 13.7 Å². The minimum absolute atomic E-state index is 0.0317. The lowest BCUT2D eigenvalue weighted by atomic mass is 9.94. The van der Waals surface area contributed by atoms with Crippen LogP contribution in [0.1, 0.15) is 57.2 Å². The van der Waals surface area contributed by atoms with Gasteiger partial charge in [0.1, 0.15) is 0 Å². The van der Waals surface area contributed by atoms with Crippen LogP contribution in [0.2, 0.25) is 0 Å². The molecule has 1 N–H and O–H groups in total. The Morgan fingerprint density at radius 3 is 2.61 bits per heavy atom. The topological polar surface area (TPSA) is 21.3 Å². The van der Waals surface area contributed by atoms with E-state index in [2.05, 4.69) is 43.8 Å². The van der Waals surface area contributed by atoms with E-state index in [1.54, 1.807) is 18.4 Å². The minimum atomic E-state index is -0.0317. The van der Waals surface area contributed by atoms with Gasteiger partial charge in [0.25, 0.3) is 0 Å². The van der Waals surface area contributed by atoms with E-state index < -0.39 is 0 Å². The van der Waals surface area contributed by atoms with Crippen LogP contribution < -0.4 is 5.32 Å². The Labute approximate surface area is 116 Å². The van der Waals surface area contributed by atoms with Gasteiger partial charge in [-0.1, -0.05) is 6.92 Å². The van der Waals surface area contributed by atoms with Gasteiger partial charge in [0.05, 0.1) is 5.60 Å². The average molecular weight is 269 g/mol. The molecule has 0 radical (unpaired) electrons. The van der Waals surface area contributed by atoms with Crippen molar-refractivity contribution in [1.82, 2.24) is 5.32 Å². The summed E-state index contributed by atoms with van der Waals surface area (Å²) in [5.74, 6) is 0. The van der Waals surface area contributed by atoms with Crippen molar-refractivity contribution in [2.24, 2.45) is 0 Å². The third kappa shape index (κ3) is 4.71. The summed E-state index contributed by atoms with van der Waals surface area (Å²) in [6.07, 6.45) is 3.37. The Morgan fingerprint density at radius 2 is 2.11 bits per heavy atom. The second kappa shape index (κ2) is 7.27. The lowest BCUT2D eigenvalue weighted by Gasteiger charge is -2.26. The first-order valence-corrected chi connectivity index (χ1v) is 7.75. The van der Waals surface area contributed by atoms with E-state index in [9.17, 15) is 0 Å². The van der Waals surface area contributed by atoms with Crippen molar-refractivity contribution in [1.29, 1.82) is 0 Å². The highest BCUT2D eigenvalue weighted by atomic mass is 32.1. The van der Waals surface area contributed by atoms with Crippen molar-refractivity contribution in [3.05, 3.63) is 21.9 Å². The Morgan fingerprint density at radius 1 is 1.39 bits per heavy atom. The van der Waals surface area contributed by atoms with Crippen molar-refractivity contribution in [3.8, 4) is 0 Å². The fourth-order valence-electron chi connectivity index (χ4n) is 2.01. The van der Waals surface area contributed by atoms with Gasteiger partial charge in [-0.3, -0.25) is 0 Å². The van der Waals surface area contributed by atoms with Gasteiger partial charge in [-0.05, 0) is 68.5 Å². The molecule has 0 amide bonds. The largest absolute Gasteiger partial charge is 0.379 e. The maximum atomic E-state index is 5.51. The highest BCUT2D eigenvalue weighted by Gasteiger charge is 2.21. The Bertz CT molecular complexity index is 346. The van der Waals surface area contributed by atoms with Crippen LogP contribution in [0.4, 0.5) is 0 Å². The van der Waals surface area contributed by atoms with Crippen LogP contribution in [-0.4, -0.2) is 19.3 Å². The molecule has 3 heteroatoms. The molecule has 1 aromatic rings. The van der Waals surface area contributed by atoms with E-state index in [0.29, 0.717) is 6.04 Å². The molecule has 1 aromatic heterocycles. The third-order valence-electron chi connectivity index (χ3n) is 3.50. The highest BCUT2D eigenvalue weighted by molar-refractivity contribution is 7.08. The molecular formula is C15H27NOS. The lowest BCUT2D eigenvalue weighted by Crippen LogP contribution is -2.28. The summed E-state index contributed by atoms with van der Waals surface area (Å²) in [4.78, 5) is 0. The number of methoxy groups -OCH3 is 1. The molecule has 0 fully saturated rings. The second-order valence-corrected chi connectivity index (χ2v) is 6.26. The molecule has 0 bridgehead atoms. The van der Waals surface area contributed by atoms with Gasteiger partial charge in [0.15, 0.2) is 0 Å². The smallest absolute Gasteiger partial charge is 0.0623 e. The Balaban J connectivity index is 2.65. The van der Waals surface area contributed by atoms with Crippen molar-refractivity contribution in [2.45, 2.75) is 58.6 Å². The van der Waals surface area contributed by atoms with Crippen molar-refractivity contribution >= 4 is 11.3 Å². The fourth-order valence-corrected chi connectivity index (χ4v) is 2.91. The van der Waals surface area contributed by atoms with Gasteiger partial charge < -0.3 is 10.1 Å². The molecule has 0 aliphatic rings. The number of hydrogen-bond acceptors (Lipinski definition) is 3. The van der Waals surface area contributed by atoms with Gasteiger partial charge in [-0.15, -0.1) is 0 Å². The zero-order valence-electron chi connectivity index (χ0n) is 12.4. The van der Waals surface area contributed by atoms with E-state index in [0.717, 1.165) is 19.4 Å². The molecule has 0 spiro atoms. The quantitative estimate of drug-likeness (QED) is 0.759. The number of thiophene rings is 1. The Hall–Kier alpha value is -0.380. The predicted octanol–water partition coefficient (Wildman–Crippen LogP) is 4.30. The Kier molecular flexibility index (Phi) is 6.33. The standard InChI is InChI=1S/C15H27NOS/c1-6-9-16-14(7-8-15(3,4)17-5)13-11-18-10-12(13)2/h10-11,14,16H,6-9H2,1-5H3. The summed E-state index contributed by atoms with van der Waals surface area (Å²) >= 11 is 1.80. The van der Waals surface area contributed by atoms with Crippen LogP contribution >= 0.6 is 11.3 Å². The number of nitrogens with one attached hydrogen (secondary N) is 1. The molecule has 1 rings (SSSR count). The number of rotatable bonds is 8. The van der Waals surface area contributed by atoms with Gasteiger partial charge in [-0.25, -0.2) is 0 Å². The van der Waals surface area contributed by atoms with Crippen LogP contribution in [0.5, 0.6) is 0 Å². The maximum Gasteiger partial charge on any atom is 0.0623 e. The summed E-state index contributed by atoms with van der Waals surface area (Å²) in [7, 11) is 1.80. The summed E-state index contributed by atoms with van der Waals surface area (Å²) in [5, 5.41) is 8.17. The van der Waals surface area contributed by atoms with Crippen LogP contribution in [0.25, 0.3) is 0 Å². The van der Waals surface area contributed by atoms with Gasteiger partial charge in [-0.2, -0.15) is 11.3 Å². The van der Waals surface area contributed by atoms with Crippen LogP contribution in [-0.2, 0) is 4.74 Å². The van der Waals surface area contributed by atoms with E-state index in [1.165, 1.54) is 17.5 Å². The molecule has 0 saturated heterocycles. The van der Waals surface area contributed by atoms with Gasteiger partial charge in [0, 0.05) is 13.2 Å². The normalized spacial score (nSPS) is 13.8. The number of aryl methyl sites for hydroxylation is 1. The molecule has 0 aliphatic heterocycles. The first kappa shape index (κ1) is 15.7. The molecule has 0 aliphatic carbocycles. The average Bonchev–Trinajstić information content (AvgIpc) is 2.76. The first-order chi connectivity index (χ1) is 8.50. The molecule has 1 heterocycles. The molecule has 0 aromatic carbocycles. The summed E-state index contributed by atoms with van der Waals surface area (Å²) in [6.45, 7) is 9.81. The van der Waals surface area contributed by atoms with E-state index in [4.69, 9.17) is 4.74 Å². The van der Waals surface area contributed by atoms with Gasteiger partial charge >= 0.3 is 0 Å². The van der Waals surface area contributed by atoms with Crippen LogP contribution in [0.15, 0.2) is 10.8 Å². The van der Waals surface area contributed by atoms with Gasteiger partial charge in [0.2, 0.25) is 0 Å². The zero-order valence-corrected chi connectivity index (χ0v) is 13.2. The minimum Gasteiger partial charge on any atom is -0.379 e. The fraction of sp³-hybridized carbons (Fsp3) is 0.733. The molecule has 1 unspecified atom stereocenters. The van der Waals surface area contributed by atoms with E-state index in [1.807, 2.05) is 0 Å². The van der Waals surface area contributed by atoms with Crippen molar-refractivity contribution in [3.63, 3.8) is 0 Å². The summed E-state index contributed by atoms with van der Waals surface area (Å²) in [5.41, 5.74) is 2.83. The monoisotopic (exact) mass is 269 g/mol. The number of ether oxygens (including phenoxy) is 1. The van der Waals surface area contributed by atoms with E-state index >= 15 is 0 Å². The molecule has 2 nitrogen and oxygen atoms in total. The van der Waals surface area contributed by atoms with E-state index in [-0.39, 0.29) is 5.60 Å². The molecule has 104 valence electrons. The summed E-state index contributed by atoms with van der Waals surface area (Å²) in [6, 6.07) is 0.464. The first-order valence-electron chi connectivity index (χ1n) is 6.81. The molecule has 18 heavy (non-hydrogen) atoms. The molecule has 1 atom stereocenters. The zero-order chi connectivity index (χ0) is 13.6. The highest BCUT2D eigenvalue weighted by Crippen LogP contribution is 2.28. The molecular weight excluding hydrogens is 242 g/mol. The second-order valence-electron chi connectivity index (χ2n) is 5.52. The van der Waals surface area contributed by atoms with Crippen LogP contribution in [0, 0.1) is 6.92 Å². The maximum absolute atomic E-state index is 5.51. The molecule has 0 saturated carbocycles. The summed E-state index contributed by atoms with van der Waals surface area (Å²) < 4.78 is 5.51. The van der Waals surface area contributed by atoms with Crippen molar-refractivity contribution < 1.29 is 4.74 Å². The SMILES string of the molecule is CCCNC(CCC(C)(C)OC)c1cscc1C. The number of hydrogen-bond donors (Lipinski definition) is 1. The van der Waals surface area contributed by atoms with Crippen LogP contribution in [0.3, 0.4) is 0 Å². The lowest BCUT2D eigenvalue weighted by molar-refractivity contribution is 0.0117.